The summed E-state index contributed by atoms with van der Waals surface area (Å²) >= 11 is 0. The number of carbonyl (C=O) groups excluding carboxylic acids is 1. The first-order valence-electron chi connectivity index (χ1n) is 8.02. The summed E-state index contributed by atoms with van der Waals surface area (Å²) in [5.41, 5.74) is 1.28. The Kier molecular flexibility index (Phi) is 7.08. The van der Waals surface area contributed by atoms with Gasteiger partial charge in [-0.3, -0.25) is 0 Å². The Balaban J connectivity index is 1.52. The first-order chi connectivity index (χ1) is 10.4. The third kappa shape index (κ3) is 6.17. The predicted octanol–water partition coefficient (Wildman–Crippen LogP) is 3.18. The van der Waals surface area contributed by atoms with Crippen LogP contribution in [-0.4, -0.2) is 37.2 Å². The van der Waals surface area contributed by atoms with Crippen molar-refractivity contribution in [3.05, 3.63) is 35.9 Å². The summed E-state index contributed by atoms with van der Waals surface area (Å²) in [4.78, 5) is 13.7. The minimum Gasteiger partial charge on any atom is -0.449 e. The molecule has 4 nitrogen and oxygen atoms in total. The molecule has 1 N–H and O–H groups in total. The summed E-state index contributed by atoms with van der Waals surface area (Å²) in [6, 6.07) is 10.3. The lowest BCUT2D eigenvalue weighted by atomic mass is 10.2. The average Bonchev–Trinajstić information content (AvgIpc) is 2.81. The molecule has 1 amide bonds. The van der Waals surface area contributed by atoms with E-state index in [0.717, 1.165) is 45.4 Å². The van der Waals surface area contributed by atoms with E-state index in [1.807, 2.05) is 23.1 Å². The molecule has 0 radical (unpaired) electrons. The normalized spacial score (nSPS) is 15.5. The van der Waals surface area contributed by atoms with Gasteiger partial charge in [0.15, 0.2) is 0 Å². The monoisotopic (exact) mass is 290 g/mol. The van der Waals surface area contributed by atoms with Crippen molar-refractivity contribution in [2.45, 2.75) is 38.6 Å². The van der Waals surface area contributed by atoms with Crippen molar-refractivity contribution in [1.29, 1.82) is 0 Å². The zero-order valence-electron chi connectivity index (χ0n) is 12.7. The van der Waals surface area contributed by atoms with E-state index in [2.05, 4.69) is 17.4 Å². The minimum atomic E-state index is -0.139. The molecule has 2 rings (SSSR count). The molecule has 0 bridgehead atoms. The lowest BCUT2D eigenvalue weighted by Crippen LogP contribution is -2.32. The molecule has 0 unspecified atom stereocenters. The molecule has 0 aliphatic carbocycles. The van der Waals surface area contributed by atoms with Crippen molar-refractivity contribution in [2.24, 2.45) is 0 Å². The van der Waals surface area contributed by atoms with Gasteiger partial charge in [-0.2, -0.15) is 0 Å². The maximum absolute atomic E-state index is 11.9. The quantitative estimate of drug-likeness (QED) is 0.818. The first-order valence-corrected chi connectivity index (χ1v) is 8.02. The SMILES string of the molecule is O=C(OCCCNCc1ccccc1)N1CCCCCC1. The largest absolute Gasteiger partial charge is 0.449 e. The highest BCUT2D eigenvalue weighted by Gasteiger charge is 2.16. The molecule has 116 valence electrons. The summed E-state index contributed by atoms with van der Waals surface area (Å²) < 4.78 is 5.34. The Morgan fingerprint density at radius 1 is 1.10 bits per heavy atom. The van der Waals surface area contributed by atoms with Crippen molar-refractivity contribution in [1.82, 2.24) is 10.2 Å². The van der Waals surface area contributed by atoms with Gasteiger partial charge >= 0.3 is 6.09 Å². The van der Waals surface area contributed by atoms with Crippen LogP contribution in [0.4, 0.5) is 4.79 Å². The zero-order valence-corrected chi connectivity index (χ0v) is 12.7. The van der Waals surface area contributed by atoms with E-state index < -0.39 is 0 Å². The number of nitrogens with one attached hydrogen (secondary N) is 1. The molecular formula is C17H26N2O2. The molecule has 21 heavy (non-hydrogen) atoms. The number of amides is 1. The van der Waals surface area contributed by atoms with Crippen LogP contribution in [0, 0.1) is 0 Å². The molecule has 1 heterocycles. The fraction of sp³-hybridized carbons (Fsp3) is 0.588. The van der Waals surface area contributed by atoms with Crippen molar-refractivity contribution >= 4 is 6.09 Å². The van der Waals surface area contributed by atoms with E-state index in [1.165, 1.54) is 18.4 Å². The summed E-state index contributed by atoms with van der Waals surface area (Å²) in [6.45, 7) is 3.93. The van der Waals surface area contributed by atoms with Crippen molar-refractivity contribution in [3.63, 3.8) is 0 Å². The van der Waals surface area contributed by atoms with Gasteiger partial charge in [0.05, 0.1) is 6.61 Å². The second-order valence-electron chi connectivity index (χ2n) is 5.53. The van der Waals surface area contributed by atoms with Crippen LogP contribution in [0.15, 0.2) is 30.3 Å². The van der Waals surface area contributed by atoms with Gasteiger partial charge in [-0.1, -0.05) is 43.2 Å². The van der Waals surface area contributed by atoms with Crippen LogP contribution in [-0.2, 0) is 11.3 Å². The highest BCUT2D eigenvalue weighted by molar-refractivity contribution is 5.67. The molecule has 1 aromatic rings. The standard InChI is InChI=1S/C17H26N2O2/c20-17(19-12-6-1-2-7-13-19)21-14-8-11-18-15-16-9-4-3-5-10-16/h3-5,9-10,18H,1-2,6-8,11-15H2. The lowest BCUT2D eigenvalue weighted by molar-refractivity contribution is 0.102. The van der Waals surface area contributed by atoms with Crippen LogP contribution in [0.5, 0.6) is 0 Å². The third-order valence-electron chi connectivity index (χ3n) is 3.76. The van der Waals surface area contributed by atoms with Gasteiger partial charge in [-0.05, 0) is 31.4 Å². The number of ether oxygens (including phenoxy) is 1. The molecule has 1 aliphatic heterocycles. The second kappa shape index (κ2) is 9.40. The first kappa shape index (κ1) is 15.8. The molecule has 1 aliphatic rings. The molecule has 4 heteroatoms. The van der Waals surface area contributed by atoms with E-state index in [9.17, 15) is 4.79 Å². The average molecular weight is 290 g/mol. The van der Waals surface area contributed by atoms with Gasteiger partial charge in [-0.25, -0.2) is 4.79 Å². The Hall–Kier alpha value is -1.55. The number of nitrogens with zero attached hydrogens (tertiary/aromatic N) is 1. The molecule has 0 atom stereocenters. The number of benzene rings is 1. The van der Waals surface area contributed by atoms with E-state index in [4.69, 9.17) is 4.74 Å². The highest BCUT2D eigenvalue weighted by Crippen LogP contribution is 2.10. The van der Waals surface area contributed by atoms with Crippen molar-refractivity contribution in [2.75, 3.05) is 26.2 Å². The van der Waals surface area contributed by atoms with Gasteiger partial charge < -0.3 is 15.0 Å². The second-order valence-corrected chi connectivity index (χ2v) is 5.53. The van der Waals surface area contributed by atoms with Crippen LogP contribution >= 0.6 is 0 Å². The van der Waals surface area contributed by atoms with Gasteiger partial charge in [-0.15, -0.1) is 0 Å². The highest BCUT2D eigenvalue weighted by atomic mass is 16.6. The molecule has 1 aromatic carbocycles. The Labute approximate surface area is 127 Å². The van der Waals surface area contributed by atoms with Crippen molar-refractivity contribution in [3.8, 4) is 0 Å². The fourth-order valence-electron chi connectivity index (χ4n) is 2.53. The Morgan fingerprint density at radius 2 is 1.81 bits per heavy atom. The maximum atomic E-state index is 11.9. The van der Waals surface area contributed by atoms with E-state index in [0.29, 0.717) is 6.61 Å². The van der Waals surface area contributed by atoms with Crippen molar-refractivity contribution < 1.29 is 9.53 Å². The van der Waals surface area contributed by atoms with E-state index >= 15 is 0 Å². The molecule has 0 spiro atoms. The van der Waals surface area contributed by atoms with Crippen LogP contribution in [0.25, 0.3) is 0 Å². The molecular weight excluding hydrogens is 264 g/mol. The predicted molar refractivity (Wildman–Crippen MR) is 84.2 cm³/mol. The van der Waals surface area contributed by atoms with Gasteiger partial charge in [0, 0.05) is 19.6 Å². The topological polar surface area (TPSA) is 41.6 Å². The van der Waals surface area contributed by atoms with Gasteiger partial charge in [0.1, 0.15) is 0 Å². The Bertz CT molecular complexity index is 401. The van der Waals surface area contributed by atoms with Crippen LogP contribution in [0.2, 0.25) is 0 Å². The summed E-state index contributed by atoms with van der Waals surface area (Å²) in [6.07, 6.45) is 5.38. The molecule has 1 fully saturated rings. The lowest BCUT2D eigenvalue weighted by Gasteiger charge is -2.19. The van der Waals surface area contributed by atoms with Gasteiger partial charge in [0.2, 0.25) is 0 Å². The number of carbonyl (C=O) groups is 1. The van der Waals surface area contributed by atoms with Crippen LogP contribution < -0.4 is 5.32 Å². The van der Waals surface area contributed by atoms with E-state index in [1.54, 1.807) is 0 Å². The minimum absolute atomic E-state index is 0.139. The number of hydrogen-bond donors (Lipinski definition) is 1. The zero-order chi connectivity index (χ0) is 14.8. The maximum Gasteiger partial charge on any atom is 0.409 e. The number of likely N-dealkylation sites (tertiary alicyclic amines) is 1. The fourth-order valence-corrected chi connectivity index (χ4v) is 2.53. The number of hydrogen-bond acceptors (Lipinski definition) is 3. The van der Waals surface area contributed by atoms with E-state index in [-0.39, 0.29) is 6.09 Å². The van der Waals surface area contributed by atoms with Gasteiger partial charge in [0.25, 0.3) is 0 Å². The smallest absolute Gasteiger partial charge is 0.409 e. The molecule has 0 aromatic heterocycles. The molecule has 1 saturated heterocycles. The van der Waals surface area contributed by atoms with Crippen LogP contribution in [0.3, 0.4) is 0 Å². The summed E-state index contributed by atoms with van der Waals surface area (Å²) in [5.74, 6) is 0. The Morgan fingerprint density at radius 3 is 2.52 bits per heavy atom. The summed E-state index contributed by atoms with van der Waals surface area (Å²) in [5, 5.41) is 3.36. The third-order valence-corrected chi connectivity index (χ3v) is 3.76. The number of rotatable bonds is 6. The molecule has 0 saturated carbocycles. The van der Waals surface area contributed by atoms with Crippen LogP contribution in [0.1, 0.15) is 37.7 Å². The summed E-state index contributed by atoms with van der Waals surface area (Å²) in [7, 11) is 0.